The Hall–Kier alpha value is -2.54. The van der Waals surface area contributed by atoms with Crippen molar-refractivity contribution in [1.82, 2.24) is 0 Å². The second-order valence-corrected chi connectivity index (χ2v) is 4.95. The van der Waals surface area contributed by atoms with E-state index in [4.69, 9.17) is 11.0 Å². The van der Waals surface area contributed by atoms with Gasteiger partial charge in [0.15, 0.2) is 0 Å². The van der Waals surface area contributed by atoms with Crippen LogP contribution >= 0.6 is 0 Å². The average molecular weight is 267 g/mol. The number of anilines is 2. The predicted molar refractivity (Wildman–Crippen MR) is 76.7 cm³/mol. The molecule has 2 aromatic carbocycles. The second-order valence-electron chi connectivity index (χ2n) is 4.95. The normalized spacial score (nSPS) is 13.1. The number of benzene rings is 2. The molecule has 0 spiro atoms. The van der Waals surface area contributed by atoms with Crippen LogP contribution in [0, 0.1) is 17.1 Å². The van der Waals surface area contributed by atoms with Crippen LogP contribution in [-0.2, 0) is 13.0 Å². The van der Waals surface area contributed by atoms with Crippen LogP contribution in [0.1, 0.15) is 16.7 Å². The zero-order valence-electron chi connectivity index (χ0n) is 10.9. The van der Waals surface area contributed by atoms with Gasteiger partial charge in [-0.1, -0.05) is 18.2 Å². The molecule has 0 fully saturated rings. The topological polar surface area (TPSA) is 53.0 Å². The van der Waals surface area contributed by atoms with Crippen molar-refractivity contribution in [2.24, 2.45) is 0 Å². The third-order valence-electron chi connectivity index (χ3n) is 3.66. The highest BCUT2D eigenvalue weighted by Crippen LogP contribution is 2.31. The molecule has 2 N–H and O–H groups in total. The summed E-state index contributed by atoms with van der Waals surface area (Å²) in [6.45, 7) is 1.30. The molecule has 1 heterocycles. The van der Waals surface area contributed by atoms with E-state index in [1.807, 2.05) is 24.3 Å². The molecule has 1 aliphatic rings. The molecular formula is C16H14FN3. The summed E-state index contributed by atoms with van der Waals surface area (Å²) >= 11 is 0. The first-order valence-electron chi connectivity index (χ1n) is 6.50. The van der Waals surface area contributed by atoms with Crippen molar-refractivity contribution in [3.63, 3.8) is 0 Å². The molecule has 20 heavy (non-hydrogen) atoms. The van der Waals surface area contributed by atoms with Crippen molar-refractivity contribution < 1.29 is 4.39 Å². The summed E-state index contributed by atoms with van der Waals surface area (Å²) in [6, 6.07) is 12.6. The summed E-state index contributed by atoms with van der Waals surface area (Å²) < 4.78 is 14.1. The van der Waals surface area contributed by atoms with Gasteiger partial charge in [-0.05, 0) is 30.2 Å². The highest BCUT2D eigenvalue weighted by molar-refractivity contribution is 5.64. The van der Waals surface area contributed by atoms with Crippen LogP contribution in [0.4, 0.5) is 15.8 Å². The van der Waals surface area contributed by atoms with E-state index in [2.05, 4.69) is 4.90 Å². The Kier molecular flexibility index (Phi) is 3.03. The van der Waals surface area contributed by atoms with E-state index in [1.165, 1.54) is 11.6 Å². The lowest BCUT2D eigenvalue weighted by Crippen LogP contribution is -2.20. The smallest absolute Gasteiger partial charge is 0.145 e. The van der Waals surface area contributed by atoms with E-state index >= 15 is 0 Å². The largest absolute Gasteiger partial charge is 0.399 e. The van der Waals surface area contributed by atoms with Crippen molar-refractivity contribution in [3.8, 4) is 6.07 Å². The van der Waals surface area contributed by atoms with Crippen molar-refractivity contribution >= 4 is 11.4 Å². The van der Waals surface area contributed by atoms with Gasteiger partial charge < -0.3 is 10.6 Å². The average Bonchev–Trinajstić information content (AvgIpc) is 2.83. The van der Waals surface area contributed by atoms with Crippen molar-refractivity contribution in [2.75, 3.05) is 17.2 Å². The minimum atomic E-state index is -0.424. The number of nitriles is 1. The summed E-state index contributed by atoms with van der Waals surface area (Å²) in [5, 5.41) is 8.88. The fourth-order valence-electron chi connectivity index (χ4n) is 2.62. The van der Waals surface area contributed by atoms with E-state index in [9.17, 15) is 4.39 Å². The molecule has 0 saturated carbocycles. The first-order chi connectivity index (χ1) is 9.69. The SMILES string of the molecule is N#Cc1cccc(CN2CCc3ccc(N)cc32)c1F. The third kappa shape index (κ3) is 2.08. The van der Waals surface area contributed by atoms with Gasteiger partial charge in [0.1, 0.15) is 11.9 Å². The summed E-state index contributed by atoms with van der Waals surface area (Å²) in [5.74, 6) is -0.424. The van der Waals surface area contributed by atoms with Crippen LogP contribution < -0.4 is 10.6 Å². The van der Waals surface area contributed by atoms with Gasteiger partial charge in [0.05, 0.1) is 5.56 Å². The minimum Gasteiger partial charge on any atom is -0.399 e. The number of hydrogen-bond donors (Lipinski definition) is 1. The second kappa shape index (κ2) is 4.86. The van der Waals surface area contributed by atoms with Crippen LogP contribution in [0.3, 0.4) is 0 Å². The lowest BCUT2D eigenvalue weighted by atomic mass is 10.1. The number of rotatable bonds is 2. The minimum absolute atomic E-state index is 0.0921. The summed E-state index contributed by atoms with van der Waals surface area (Å²) in [5.41, 5.74) is 9.46. The van der Waals surface area contributed by atoms with Crippen LogP contribution in [0.25, 0.3) is 0 Å². The molecule has 0 atom stereocenters. The lowest BCUT2D eigenvalue weighted by molar-refractivity contribution is 0.602. The molecule has 0 unspecified atom stereocenters. The van der Waals surface area contributed by atoms with E-state index in [0.29, 0.717) is 17.8 Å². The molecule has 0 aliphatic carbocycles. The Labute approximate surface area is 117 Å². The van der Waals surface area contributed by atoms with Gasteiger partial charge in [-0.15, -0.1) is 0 Å². The molecule has 3 nitrogen and oxygen atoms in total. The van der Waals surface area contributed by atoms with Crippen molar-refractivity contribution in [2.45, 2.75) is 13.0 Å². The Morgan fingerprint density at radius 1 is 1.30 bits per heavy atom. The number of hydrogen-bond acceptors (Lipinski definition) is 3. The molecule has 1 aliphatic heterocycles. The highest BCUT2D eigenvalue weighted by Gasteiger charge is 2.20. The van der Waals surface area contributed by atoms with Crippen LogP contribution in [-0.4, -0.2) is 6.54 Å². The number of nitrogens with two attached hydrogens (primary N) is 1. The Morgan fingerprint density at radius 2 is 2.15 bits per heavy atom. The Bertz CT molecular complexity index is 703. The number of nitrogen functional groups attached to an aromatic ring is 1. The summed E-state index contributed by atoms with van der Waals surface area (Å²) in [4.78, 5) is 2.10. The fraction of sp³-hybridized carbons (Fsp3) is 0.188. The molecule has 0 amide bonds. The predicted octanol–water partition coefficient (Wildman–Crippen LogP) is 2.84. The standard InChI is InChI=1S/C16H14FN3/c17-16-12(9-18)2-1-3-13(16)10-20-7-6-11-4-5-14(19)8-15(11)20/h1-5,8H,6-7,10,19H2. The zero-order chi connectivity index (χ0) is 14.1. The van der Waals surface area contributed by atoms with Crippen LogP contribution in [0.5, 0.6) is 0 Å². The fourth-order valence-corrected chi connectivity index (χ4v) is 2.62. The third-order valence-corrected chi connectivity index (χ3v) is 3.66. The zero-order valence-corrected chi connectivity index (χ0v) is 10.9. The maximum atomic E-state index is 14.1. The number of nitrogens with zero attached hydrogens (tertiary/aromatic N) is 2. The maximum absolute atomic E-state index is 14.1. The van der Waals surface area contributed by atoms with E-state index in [-0.39, 0.29) is 5.56 Å². The molecule has 3 rings (SSSR count). The molecular weight excluding hydrogens is 253 g/mol. The van der Waals surface area contributed by atoms with Gasteiger partial charge in [0.2, 0.25) is 0 Å². The van der Waals surface area contributed by atoms with Gasteiger partial charge in [-0.2, -0.15) is 5.26 Å². The monoisotopic (exact) mass is 267 g/mol. The van der Waals surface area contributed by atoms with Gasteiger partial charge in [-0.3, -0.25) is 0 Å². The van der Waals surface area contributed by atoms with E-state index in [0.717, 1.165) is 18.7 Å². The van der Waals surface area contributed by atoms with Gasteiger partial charge in [0.25, 0.3) is 0 Å². The van der Waals surface area contributed by atoms with Crippen LogP contribution in [0.15, 0.2) is 36.4 Å². The molecule has 100 valence electrons. The summed E-state index contributed by atoms with van der Waals surface area (Å²) in [6.07, 6.45) is 0.940. The first kappa shape index (κ1) is 12.5. The van der Waals surface area contributed by atoms with Gasteiger partial charge in [-0.25, -0.2) is 4.39 Å². The van der Waals surface area contributed by atoms with Crippen LogP contribution in [0.2, 0.25) is 0 Å². The molecule has 0 saturated heterocycles. The lowest BCUT2D eigenvalue weighted by Gasteiger charge is -2.20. The molecule has 0 bridgehead atoms. The van der Waals surface area contributed by atoms with Crippen molar-refractivity contribution in [1.29, 1.82) is 5.26 Å². The number of halogens is 1. The van der Waals surface area contributed by atoms with E-state index < -0.39 is 5.82 Å². The number of fused-ring (bicyclic) bond motifs is 1. The Balaban J connectivity index is 1.92. The summed E-state index contributed by atoms with van der Waals surface area (Å²) in [7, 11) is 0. The van der Waals surface area contributed by atoms with E-state index in [1.54, 1.807) is 12.1 Å². The molecule has 2 aromatic rings. The van der Waals surface area contributed by atoms with Crippen molar-refractivity contribution in [3.05, 3.63) is 58.9 Å². The Morgan fingerprint density at radius 3 is 2.95 bits per heavy atom. The molecule has 4 heteroatoms. The first-order valence-corrected chi connectivity index (χ1v) is 6.50. The van der Waals surface area contributed by atoms with Gasteiger partial charge >= 0.3 is 0 Å². The van der Waals surface area contributed by atoms with Gasteiger partial charge in [0, 0.05) is 30.0 Å². The molecule has 0 aromatic heterocycles. The quantitative estimate of drug-likeness (QED) is 0.851. The maximum Gasteiger partial charge on any atom is 0.145 e. The highest BCUT2D eigenvalue weighted by atomic mass is 19.1. The molecule has 0 radical (unpaired) electrons.